The number of carbonyl (C=O) groups is 1. The van der Waals surface area contributed by atoms with Crippen molar-refractivity contribution in [3.63, 3.8) is 0 Å². The summed E-state index contributed by atoms with van der Waals surface area (Å²) in [5.41, 5.74) is 0. The fourth-order valence-corrected chi connectivity index (χ4v) is 2.66. The van der Waals surface area contributed by atoms with E-state index in [1.807, 2.05) is 16.9 Å². The van der Waals surface area contributed by atoms with Crippen molar-refractivity contribution in [2.24, 2.45) is 0 Å². The van der Waals surface area contributed by atoms with E-state index in [9.17, 15) is 4.79 Å². The minimum atomic E-state index is -0.212. The van der Waals surface area contributed by atoms with Crippen molar-refractivity contribution < 1.29 is 4.79 Å². The summed E-state index contributed by atoms with van der Waals surface area (Å²) in [5.74, 6) is 0. The number of rotatable bonds is 3. The molecule has 0 aliphatic carbocycles. The van der Waals surface area contributed by atoms with Gasteiger partial charge in [0, 0.05) is 6.42 Å². The average Bonchev–Trinajstić information content (AvgIpc) is 2.39. The molecule has 11 heavy (non-hydrogen) atoms. The first-order valence-corrected chi connectivity index (χ1v) is 4.86. The molecule has 0 N–H and O–H groups in total. The molecule has 0 bridgehead atoms. The van der Waals surface area contributed by atoms with Crippen LogP contribution in [0, 0.1) is 10.7 Å². The maximum atomic E-state index is 10.3. The van der Waals surface area contributed by atoms with Crippen molar-refractivity contribution >= 4 is 29.8 Å². The normalized spacial score (nSPS) is 28.3. The highest BCUT2D eigenvalue weighted by Crippen LogP contribution is 2.47. The second-order valence-electron chi connectivity index (χ2n) is 2.17. The third kappa shape index (κ3) is 2.01. The molecule has 0 saturated heterocycles. The first-order chi connectivity index (χ1) is 5.33. The van der Waals surface area contributed by atoms with Crippen molar-refractivity contribution in [1.82, 2.24) is 0 Å². The second kappa shape index (κ2) is 3.84. The van der Waals surface area contributed by atoms with Crippen molar-refractivity contribution in [2.45, 2.75) is 16.9 Å². The van der Waals surface area contributed by atoms with Crippen LogP contribution in [0.2, 0.25) is 0 Å². The molecule has 0 saturated carbocycles. The standard InChI is InChI=1S/C7H7NOS2/c8-6-11-7(3-4-9)2-1-5-10-7/h1,4-5H,2-3H2. The lowest BCUT2D eigenvalue weighted by molar-refractivity contribution is -0.107. The summed E-state index contributed by atoms with van der Waals surface area (Å²) in [6, 6.07) is 0. The Bertz CT molecular complexity index is 211. The van der Waals surface area contributed by atoms with E-state index < -0.39 is 0 Å². The van der Waals surface area contributed by atoms with E-state index in [4.69, 9.17) is 5.26 Å². The topological polar surface area (TPSA) is 40.9 Å². The molecule has 1 unspecified atom stereocenters. The lowest BCUT2D eigenvalue weighted by Crippen LogP contribution is -2.15. The van der Waals surface area contributed by atoms with Gasteiger partial charge in [-0.05, 0) is 23.6 Å². The summed E-state index contributed by atoms with van der Waals surface area (Å²) in [6.45, 7) is 0. The van der Waals surface area contributed by atoms with Gasteiger partial charge in [0.25, 0.3) is 0 Å². The Morgan fingerprint density at radius 1 is 1.91 bits per heavy atom. The van der Waals surface area contributed by atoms with Gasteiger partial charge in [0.05, 0.1) is 4.08 Å². The fraction of sp³-hybridized carbons (Fsp3) is 0.429. The molecule has 0 aromatic carbocycles. The number of hydrogen-bond donors (Lipinski definition) is 0. The summed E-state index contributed by atoms with van der Waals surface area (Å²) in [7, 11) is 0. The van der Waals surface area contributed by atoms with Crippen LogP contribution >= 0.6 is 23.5 Å². The summed E-state index contributed by atoms with van der Waals surface area (Å²) in [5, 5.41) is 12.5. The van der Waals surface area contributed by atoms with Gasteiger partial charge < -0.3 is 4.79 Å². The van der Waals surface area contributed by atoms with Gasteiger partial charge in [0.1, 0.15) is 11.7 Å². The van der Waals surface area contributed by atoms with Crippen LogP contribution in [0.4, 0.5) is 0 Å². The highest BCUT2D eigenvalue weighted by molar-refractivity contribution is 8.21. The van der Waals surface area contributed by atoms with Gasteiger partial charge in [-0.25, -0.2) is 0 Å². The number of nitrogens with zero attached hydrogens (tertiary/aromatic N) is 1. The van der Waals surface area contributed by atoms with E-state index in [0.29, 0.717) is 6.42 Å². The van der Waals surface area contributed by atoms with Crippen LogP contribution in [-0.2, 0) is 4.79 Å². The average molecular weight is 185 g/mol. The van der Waals surface area contributed by atoms with Crippen LogP contribution in [0.1, 0.15) is 12.8 Å². The predicted molar refractivity (Wildman–Crippen MR) is 48.0 cm³/mol. The molecule has 0 aromatic heterocycles. The lowest BCUT2D eigenvalue weighted by atomic mass is 10.2. The van der Waals surface area contributed by atoms with Crippen LogP contribution in [0.3, 0.4) is 0 Å². The highest BCUT2D eigenvalue weighted by atomic mass is 32.2. The van der Waals surface area contributed by atoms with E-state index >= 15 is 0 Å². The molecule has 4 heteroatoms. The number of allylic oxidation sites excluding steroid dienone is 1. The van der Waals surface area contributed by atoms with Gasteiger partial charge in [-0.15, -0.1) is 11.8 Å². The maximum Gasteiger partial charge on any atom is 0.134 e. The lowest BCUT2D eigenvalue weighted by Gasteiger charge is -2.19. The van der Waals surface area contributed by atoms with Gasteiger partial charge >= 0.3 is 0 Å². The van der Waals surface area contributed by atoms with Crippen LogP contribution in [0.5, 0.6) is 0 Å². The van der Waals surface area contributed by atoms with E-state index in [2.05, 4.69) is 0 Å². The van der Waals surface area contributed by atoms with Gasteiger partial charge in [-0.2, -0.15) is 5.26 Å². The van der Waals surface area contributed by atoms with Crippen LogP contribution in [0.25, 0.3) is 0 Å². The Hall–Kier alpha value is -0.400. The van der Waals surface area contributed by atoms with Crippen molar-refractivity contribution in [3.05, 3.63) is 11.5 Å². The molecule has 0 spiro atoms. The highest BCUT2D eigenvalue weighted by Gasteiger charge is 2.32. The number of thioether (sulfide) groups is 2. The number of nitriles is 1. The summed E-state index contributed by atoms with van der Waals surface area (Å²) in [4.78, 5) is 10.3. The molecule has 1 rings (SSSR count). The molecule has 58 valence electrons. The predicted octanol–water partition coefficient (Wildman–Crippen LogP) is 2.14. The van der Waals surface area contributed by atoms with E-state index in [1.54, 1.807) is 11.8 Å². The zero-order chi connectivity index (χ0) is 8.16. The molecular weight excluding hydrogens is 178 g/mol. The van der Waals surface area contributed by atoms with Crippen molar-refractivity contribution in [3.8, 4) is 5.40 Å². The number of hydrogen-bond acceptors (Lipinski definition) is 4. The molecule has 1 heterocycles. The molecule has 1 atom stereocenters. The van der Waals surface area contributed by atoms with Gasteiger partial charge in [0.15, 0.2) is 0 Å². The molecule has 1 aliphatic heterocycles. The number of thiocyanates is 1. The number of aldehydes is 1. The SMILES string of the molecule is N#CSC1(CC=O)CC=CS1. The smallest absolute Gasteiger partial charge is 0.134 e. The fourth-order valence-electron chi connectivity index (χ4n) is 0.897. The van der Waals surface area contributed by atoms with Gasteiger partial charge in [-0.1, -0.05) is 6.08 Å². The Balaban J connectivity index is 2.58. The molecular formula is C7H7NOS2. The van der Waals surface area contributed by atoms with Crippen molar-refractivity contribution in [1.29, 1.82) is 5.26 Å². The summed E-state index contributed by atoms with van der Waals surface area (Å²) >= 11 is 2.75. The number of carbonyl (C=O) groups excluding carboxylic acids is 1. The van der Waals surface area contributed by atoms with E-state index in [0.717, 1.165) is 12.7 Å². The van der Waals surface area contributed by atoms with Crippen LogP contribution in [0.15, 0.2) is 11.5 Å². The molecule has 0 radical (unpaired) electrons. The largest absolute Gasteiger partial charge is 0.303 e. The Morgan fingerprint density at radius 2 is 2.73 bits per heavy atom. The third-order valence-electron chi connectivity index (χ3n) is 1.43. The molecule has 2 nitrogen and oxygen atoms in total. The molecule has 0 fully saturated rings. The Labute approximate surface area is 74.0 Å². The van der Waals surface area contributed by atoms with Crippen molar-refractivity contribution in [2.75, 3.05) is 0 Å². The van der Waals surface area contributed by atoms with E-state index in [-0.39, 0.29) is 4.08 Å². The first kappa shape index (κ1) is 8.69. The Morgan fingerprint density at radius 3 is 3.18 bits per heavy atom. The maximum absolute atomic E-state index is 10.3. The first-order valence-electron chi connectivity index (χ1n) is 3.16. The summed E-state index contributed by atoms with van der Waals surface area (Å²) < 4.78 is -0.212. The molecule has 0 aromatic rings. The monoisotopic (exact) mass is 185 g/mol. The second-order valence-corrected chi connectivity index (χ2v) is 4.88. The van der Waals surface area contributed by atoms with Gasteiger partial charge in [-0.3, -0.25) is 0 Å². The molecule has 0 amide bonds. The van der Waals surface area contributed by atoms with Crippen LogP contribution < -0.4 is 0 Å². The Kier molecular flexibility index (Phi) is 3.03. The van der Waals surface area contributed by atoms with E-state index in [1.165, 1.54) is 11.8 Å². The van der Waals surface area contributed by atoms with Crippen LogP contribution in [-0.4, -0.2) is 10.4 Å². The molecule has 1 aliphatic rings. The van der Waals surface area contributed by atoms with Gasteiger partial charge in [0.2, 0.25) is 0 Å². The zero-order valence-electron chi connectivity index (χ0n) is 5.82. The third-order valence-corrected chi connectivity index (χ3v) is 3.86. The summed E-state index contributed by atoms with van der Waals surface area (Å²) in [6.07, 6.45) is 4.14. The zero-order valence-corrected chi connectivity index (χ0v) is 7.45. The minimum absolute atomic E-state index is 0.212. The quantitative estimate of drug-likeness (QED) is 0.499. The minimum Gasteiger partial charge on any atom is -0.303 e.